The molecule has 1 heterocycles. The second kappa shape index (κ2) is 9.25. The summed E-state index contributed by atoms with van der Waals surface area (Å²) in [6.45, 7) is 8.51. The molecule has 1 fully saturated rings. The first-order valence-electron chi connectivity index (χ1n) is 10.5. The molecule has 6 heteroatoms. The molecular weight excluding hydrogens is 394 g/mol. The number of aryl methyl sites for hydroxylation is 2. The van der Waals surface area contributed by atoms with Crippen LogP contribution in [-0.4, -0.2) is 42.0 Å². The summed E-state index contributed by atoms with van der Waals surface area (Å²) in [5.41, 5.74) is 2.93. The van der Waals surface area contributed by atoms with Crippen LogP contribution >= 0.6 is 0 Å². The Morgan fingerprint density at radius 3 is 2.52 bits per heavy atom. The Bertz CT molecular complexity index is 1040. The molecule has 1 amide bonds. The number of nitrogens with zero attached hydrogens (tertiary/aromatic N) is 1. The van der Waals surface area contributed by atoms with Crippen LogP contribution < -0.4 is 9.47 Å². The molecule has 0 aliphatic carbocycles. The number of amides is 1. The van der Waals surface area contributed by atoms with Gasteiger partial charge in [0.1, 0.15) is 17.3 Å². The third-order valence-electron chi connectivity index (χ3n) is 5.37. The van der Waals surface area contributed by atoms with Gasteiger partial charge in [0, 0.05) is 6.54 Å². The van der Waals surface area contributed by atoms with Crippen LogP contribution in [0.2, 0.25) is 0 Å². The third kappa shape index (κ3) is 4.15. The van der Waals surface area contributed by atoms with Crippen molar-refractivity contribution in [3.05, 3.63) is 64.2 Å². The fourth-order valence-electron chi connectivity index (χ4n) is 4.19. The maximum absolute atomic E-state index is 13.1. The van der Waals surface area contributed by atoms with Crippen molar-refractivity contribution >= 4 is 17.4 Å². The summed E-state index contributed by atoms with van der Waals surface area (Å²) in [5.74, 6) is -0.414. The molecule has 0 saturated carbocycles. The van der Waals surface area contributed by atoms with Gasteiger partial charge in [0.2, 0.25) is 0 Å². The highest BCUT2D eigenvalue weighted by Gasteiger charge is 2.46. The Morgan fingerprint density at radius 1 is 1.13 bits per heavy atom. The van der Waals surface area contributed by atoms with Crippen molar-refractivity contribution in [3.8, 4) is 11.5 Å². The van der Waals surface area contributed by atoms with E-state index in [4.69, 9.17) is 9.47 Å². The third-order valence-corrected chi connectivity index (χ3v) is 5.37. The number of ether oxygens (including phenoxy) is 2. The first-order valence-corrected chi connectivity index (χ1v) is 10.5. The van der Waals surface area contributed by atoms with E-state index in [9.17, 15) is 14.7 Å². The van der Waals surface area contributed by atoms with Crippen LogP contribution in [0.1, 0.15) is 48.6 Å². The molecular formula is C25H29NO5. The number of benzene rings is 2. The minimum Gasteiger partial charge on any atom is -0.507 e. The SMILES string of the molecule is CCCN1C(=O)C(=O)/C(=C(/O)c2cc(C)cc(C)c2OC)C1c1cccc(OCC)c1. The first-order chi connectivity index (χ1) is 14.8. The van der Waals surface area contributed by atoms with Gasteiger partial charge in [-0.15, -0.1) is 0 Å². The van der Waals surface area contributed by atoms with Crippen LogP contribution in [0.25, 0.3) is 5.76 Å². The highest BCUT2D eigenvalue weighted by Crippen LogP contribution is 2.42. The summed E-state index contributed by atoms with van der Waals surface area (Å²) in [7, 11) is 1.52. The lowest BCUT2D eigenvalue weighted by Gasteiger charge is -2.25. The number of carbonyl (C=O) groups excluding carboxylic acids is 2. The molecule has 1 N–H and O–H groups in total. The zero-order valence-electron chi connectivity index (χ0n) is 18.7. The van der Waals surface area contributed by atoms with E-state index in [2.05, 4.69) is 0 Å². The van der Waals surface area contributed by atoms with E-state index in [1.807, 2.05) is 58.0 Å². The molecule has 0 bridgehead atoms. The second-order valence-corrected chi connectivity index (χ2v) is 7.66. The van der Waals surface area contributed by atoms with Gasteiger partial charge >= 0.3 is 0 Å². The van der Waals surface area contributed by atoms with E-state index in [1.54, 1.807) is 6.07 Å². The predicted molar refractivity (Wildman–Crippen MR) is 119 cm³/mol. The molecule has 1 unspecified atom stereocenters. The molecule has 164 valence electrons. The summed E-state index contributed by atoms with van der Waals surface area (Å²) in [6.07, 6.45) is 0.682. The molecule has 6 nitrogen and oxygen atoms in total. The number of ketones is 1. The van der Waals surface area contributed by atoms with Crippen molar-refractivity contribution < 1.29 is 24.2 Å². The lowest BCUT2D eigenvalue weighted by molar-refractivity contribution is -0.139. The summed E-state index contributed by atoms with van der Waals surface area (Å²) in [4.78, 5) is 27.5. The molecule has 3 rings (SSSR count). The molecule has 0 spiro atoms. The van der Waals surface area contributed by atoms with Gasteiger partial charge in [0.15, 0.2) is 0 Å². The van der Waals surface area contributed by atoms with Crippen molar-refractivity contribution in [2.24, 2.45) is 0 Å². The van der Waals surface area contributed by atoms with E-state index in [-0.39, 0.29) is 11.3 Å². The van der Waals surface area contributed by atoms with Crippen LogP contribution in [0.3, 0.4) is 0 Å². The van der Waals surface area contributed by atoms with E-state index in [1.165, 1.54) is 12.0 Å². The maximum Gasteiger partial charge on any atom is 0.295 e. The van der Waals surface area contributed by atoms with Gasteiger partial charge in [-0.25, -0.2) is 0 Å². The molecule has 2 aromatic rings. The Hall–Kier alpha value is -3.28. The van der Waals surface area contributed by atoms with Crippen molar-refractivity contribution in [2.45, 2.75) is 40.2 Å². The Labute approximate surface area is 183 Å². The van der Waals surface area contributed by atoms with E-state index >= 15 is 0 Å². The van der Waals surface area contributed by atoms with Crippen LogP contribution in [0.5, 0.6) is 11.5 Å². The number of rotatable bonds is 7. The number of aliphatic hydroxyl groups excluding tert-OH is 1. The topological polar surface area (TPSA) is 76.1 Å². The summed E-state index contributed by atoms with van der Waals surface area (Å²) < 4.78 is 11.1. The number of methoxy groups -OCH3 is 1. The maximum atomic E-state index is 13.1. The van der Waals surface area contributed by atoms with Crippen molar-refractivity contribution in [2.75, 3.05) is 20.3 Å². The fraction of sp³-hybridized carbons (Fsp3) is 0.360. The normalized spacial score (nSPS) is 17.8. The van der Waals surface area contributed by atoms with E-state index in [0.717, 1.165) is 11.1 Å². The van der Waals surface area contributed by atoms with Crippen LogP contribution in [0.4, 0.5) is 0 Å². The number of likely N-dealkylation sites (tertiary alicyclic amines) is 1. The van der Waals surface area contributed by atoms with E-state index in [0.29, 0.717) is 42.2 Å². The first kappa shape index (κ1) is 22.4. The second-order valence-electron chi connectivity index (χ2n) is 7.66. The number of aliphatic hydroxyl groups is 1. The van der Waals surface area contributed by atoms with Gasteiger partial charge < -0.3 is 19.5 Å². The predicted octanol–water partition coefficient (Wildman–Crippen LogP) is 4.54. The Kier molecular flexibility index (Phi) is 6.68. The van der Waals surface area contributed by atoms with Gasteiger partial charge in [-0.1, -0.05) is 25.1 Å². The fourth-order valence-corrected chi connectivity index (χ4v) is 4.19. The summed E-state index contributed by atoms with van der Waals surface area (Å²) in [5, 5.41) is 11.3. The molecule has 0 aromatic heterocycles. The lowest BCUT2D eigenvalue weighted by Crippen LogP contribution is -2.30. The lowest BCUT2D eigenvalue weighted by atomic mass is 9.93. The Balaban J connectivity index is 2.26. The van der Waals surface area contributed by atoms with Gasteiger partial charge in [0.25, 0.3) is 11.7 Å². The van der Waals surface area contributed by atoms with Gasteiger partial charge in [-0.05, 0) is 62.1 Å². The van der Waals surface area contributed by atoms with E-state index < -0.39 is 17.7 Å². The summed E-state index contributed by atoms with van der Waals surface area (Å²) in [6, 6.07) is 10.3. The smallest absolute Gasteiger partial charge is 0.295 e. The minimum absolute atomic E-state index is 0.0652. The van der Waals surface area contributed by atoms with Crippen LogP contribution in [0, 0.1) is 13.8 Å². The zero-order chi connectivity index (χ0) is 22.7. The molecule has 1 atom stereocenters. The monoisotopic (exact) mass is 423 g/mol. The quantitative estimate of drug-likeness (QED) is 0.402. The number of carbonyl (C=O) groups is 2. The number of hydrogen-bond acceptors (Lipinski definition) is 5. The van der Waals surface area contributed by atoms with Gasteiger partial charge in [-0.3, -0.25) is 9.59 Å². The molecule has 1 aliphatic heterocycles. The van der Waals surface area contributed by atoms with Gasteiger partial charge in [0.05, 0.1) is 30.9 Å². The minimum atomic E-state index is -0.703. The highest BCUT2D eigenvalue weighted by atomic mass is 16.5. The average Bonchev–Trinajstić information content (AvgIpc) is 2.98. The van der Waals surface area contributed by atoms with Crippen LogP contribution in [-0.2, 0) is 9.59 Å². The summed E-state index contributed by atoms with van der Waals surface area (Å²) >= 11 is 0. The number of hydrogen-bond donors (Lipinski definition) is 1. The van der Waals surface area contributed by atoms with Crippen molar-refractivity contribution in [3.63, 3.8) is 0 Å². The molecule has 1 aliphatic rings. The number of Topliss-reactive ketones (excluding diaryl/α,β-unsaturated/α-hetero) is 1. The Morgan fingerprint density at radius 2 is 1.87 bits per heavy atom. The highest BCUT2D eigenvalue weighted by molar-refractivity contribution is 6.46. The molecule has 2 aromatic carbocycles. The average molecular weight is 424 g/mol. The van der Waals surface area contributed by atoms with Crippen molar-refractivity contribution in [1.82, 2.24) is 4.90 Å². The van der Waals surface area contributed by atoms with Crippen LogP contribution in [0.15, 0.2) is 42.0 Å². The molecule has 31 heavy (non-hydrogen) atoms. The standard InChI is InChI=1S/C25H29NO5/c1-6-11-26-21(17-9-8-10-18(14-17)31-7-2)20(23(28)25(26)29)22(27)19-13-15(3)12-16(4)24(19)30-5/h8-10,12-14,21,27H,6-7,11H2,1-5H3/b22-20+. The van der Waals surface area contributed by atoms with Gasteiger partial charge in [-0.2, -0.15) is 0 Å². The molecule has 1 saturated heterocycles. The molecule has 0 radical (unpaired) electrons. The zero-order valence-corrected chi connectivity index (χ0v) is 18.7. The largest absolute Gasteiger partial charge is 0.507 e. The van der Waals surface area contributed by atoms with Crippen molar-refractivity contribution in [1.29, 1.82) is 0 Å².